The lowest BCUT2D eigenvalue weighted by molar-refractivity contribution is -0.131. The van der Waals surface area contributed by atoms with E-state index in [0.29, 0.717) is 40.3 Å². The van der Waals surface area contributed by atoms with Gasteiger partial charge in [-0.25, -0.2) is 14.5 Å². The van der Waals surface area contributed by atoms with Crippen molar-refractivity contribution in [2.75, 3.05) is 0 Å². The van der Waals surface area contributed by atoms with Gasteiger partial charge < -0.3 is 23.4 Å². The van der Waals surface area contributed by atoms with Crippen LogP contribution in [-0.2, 0) is 18.0 Å². The fraction of sp³-hybridized carbons (Fsp3) is 0.107. The van der Waals surface area contributed by atoms with Gasteiger partial charge in [0.1, 0.15) is 30.4 Å². The summed E-state index contributed by atoms with van der Waals surface area (Å²) < 4.78 is 24.4. The quantitative estimate of drug-likeness (QED) is 0.245. The Balaban J connectivity index is 1.23. The highest BCUT2D eigenvalue weighted by Gasteiger charge is 2.14. The van der Waals surface area contributed by atoms with Crippen LogP contribution in [0.2, 0.25) is 0 Å². The highest BCUT2D eigenvalue weighted by Crippen LogP contribution is 2.24. The number of ether oxygens (including phenoxy) is 2. The minimum atomic E-state index is -1.05. The molecule has 0 amide bonds. The molecule has 1 N–H and O–H groups in total. The van der Waals surface area contributed by atoms with Crippen molar-refractivity contribution in [1.82, 2.24) is 14.8 Å². The Morgan fingerprint density at radius 1 is 1.03 bits per heavy atom. The Morgan fingerprint density at radius 3 is 2.57 bits per heavy atom. The lowest BCUT2D eigenvalue weighted by Crippen LogP contribution is -2.00. The summed E-state index contributed by atoms with van der Waals surface area (Å²) in [5, 5.41) is 13.5. The maximum Gasteiger partial charge on any atom is 0.328 e. The van der Waals surface area contributed by atoms with E-state index >= 15 is 0 Å². The first-order valence-corrected chi connectivity index (χ1v) is 11.5. The number of rotatable bonds is 10. The third-order valence-corrected chi connectivity index (χ3v) is 5.43. The topological polar surface area (TPSA) is 113 Å². The van der Waals surface area contributed by atoms with E-state index < -0.39 is 5.97 Å². The Labute approximate surface area is 212 Å². The summed E-state index contributed by atoms with van der Waals surface area (Å²) in [5.41, 5.74) is 2.98. The summed E-state index contributed by atoms with van der Waals surface area (Å²) in [6, 6.07) is 20.5. The predicted molar refractivity (Wildman–Crippen MR) is 134 cm³/mol. The molecule has 37 heavy (non-hydrogen) atoms. The molecular formula is C28H23N3O6. The fourth-order valence-electron chi connectivity index (χ4n) is 3.52. The van der Waals surface area contributed by atoms with E-state index in [-0.39, 0.29) is 13.2 Å². The van der Waals surface area contributed by atoms with Crippen LogP contribution in [0.5, 0.6) is 11.6 Å². The lowest BCUT2D eigenvalue weighted by Gasteiger charge is -2.07. The molecule has 0 aliphatic heterocycles. The Bertz CT molecular complexity index is 1500. The summed E-state index contributed by atoms with van der Waals surface area (Å²) in [6.45, 7) is 2.33. The molecule has 5 rings (SSSR count). The van der Waals surface area contributed by atoms with E-state index in [4.69, 9.17) is 23.4 Å². The number of aliphatic carboxylic acids is 1. The van der Waals surface area contributed by atoms with Gasteiger partial charge in [0.05, 0.1) is 17.5 Å². The van der Waals surface area contributed by atoms with E-state index in [2.05, 4.69) is 10.1 Å². The number of aryl methyl sites for hydroxylation is 1. The molecule has 9 nitrogen and oxygen atoms in total. The Morgan fingerprint density at radius 2 is 1.84 bits per heavy atom. The molecule has 3 aromatic heterocycles. The molecule has 0 radical (unpaired) electrons. The number of carbonyl (C=O) groups is 1. The predicted octanol–water partition coefficient (Wildman–Crippen LogP) is 5.68. The van der Waals surface area contributed by atoms with E-state index in [9.17, 15) is 4.79 Å². The van der Waals surface area contributed by atoms with Crippen molar-refractivity contribution in [3.05, 3.63) is 108 Å². The third-order valence-electron chi connectivity index (χ3n) is 5.43. The van der Waals surface area contributed by atoms with Crippen LogP contribution in [0.25, 0.3) is 23.4 Å². The van der Waals surface area contributed by atoms with Crippen molar-refractivity contribution in [3.8, 4) is 29.0 Å². The summed E-state index contributed by atoms with van der Waals surface area (Å²) in [7, 11) is 0. The minimum Gasteiger partial charge on any atom is -0.487 e. The van der Waals surface area contributed by atoms with Crippen LogP contribution in [0.3, 0.4) is 0 Å². The van der Waals surface area contributed by atoms with Crippen molar-refractivity contribution in [2.45, 2.75) is 20.1 Å². The van der Waals surface area contributed by atoms with Crippen LogP contribution in [0, 0.1) is 6.92 Å². The summed E-state index contributed by atoms with van der Waals surface area (Å²) in [4.78, 5) is 15.5. The first-order chi connectivity index (χ1) is 18.0. The third kappa shape index (κ3) is 5.79. The van der Waals surface area contributed by atoms with Gasteiger partial charge in [-0.1, -0.05) is 30.3 Å². The number of aromatic nitrogens is 3. The average molecular weight is 498 g/mol. The number of benzene rings is 2. The summed E-state index contributed by atoms with van der Waals surface area (Å²) >= 11 is 0. The number of hydrogen-bond acceptors (Lipinski definition) is 7. The van der Waals surface area contributed by atoms with Gasteiger partial charge in [-0.3, -0.25) is 0 Å². The molecule has 186 valence electrons. The zero-order valence-corrected chi connectivity index (χ0v) is 19.9. The number of para-hydroxylation sites is 1. The van der Waals surface area contributed by atoms with Crippen LogP contribution in [0.4, 0.5) is 0 Å². The van der Waals surface area contributed by atoms with Gasteiger partial charge in [0.25, 0.3) is 5.89 Å². The van der Waals surface area contributed by atoms with E-state index in [1.165, 1.54) is 6.08 Å². The van der Waals surface area contributed by atoms with Crippen LogP contribution >= 0.6 is 0 Å². The molecule has 3 heterocycles. The molecule has 2 aromatic carbocycles. The van der Waals surface area contributed by atoms with Crippen molar-refractivity contribution in [3.63, 3.8) is 0 Å². The molecule has 0 unspecified atom stereocenters. The standard InChI is InChI=1S/C28H23N3O6/c1-19-24(29-28(37-19)25-8-5-15-34-25)18-35-23-12-9-20(10-13-23)17-36-27-21(11-14-26(32)33)16-31(30-27)22-6-3-2-4-7-22/h2-16H,17-18H2,1H3,(H,32,33). The second-order valence-corrected chi connectivity index (χ2v) is 8.06. The lowest BCUT2D eigenvalue weighted by atomic mass is 10.2. The maximum absolute atomic E-state index is 11.0. The van der Waals surface area contributed by atoms with Gasteiger partial charge in [-0.2, -0.15) is 0 Å². The Hall–Kier alpha value is -5.05. The molecule has 0 saturated heterocycles. The van der Waals surface area contributed by atoms with E-state index in [1.807, 2.05) is 61.5 Å². The zero-order valence-electron chi connectivity index (χ0n) is 19.9. The van der Waals surface area contributed by atoms with Crippen molar-refractivity contribution >= 4 is 12.0 Å². The molecular weight excluding hydrogens is 474 g/mol. The second kappa shape index (κ2) is 10.7. The monoisotopic (exact) mass is 497 g/mol. The number of carboxylic acid groups (broad SMARTS) is 1. The molecule has 0 saturated carbocycles. The van der Waals surface area contributed by atoms with E-state index in [1.54, 1.807) is 29.3 Å². The van der Waals surface area contributed by atoms with Crippen LogP contribution in [-0.4, -0.2) is 25.8 Å². The number of oxazole rings is 1. The summed E-state index contributed by atoms with van der Waals surface area (Å²) in [6.07, 6.45) is 5.81. The van der Waals surface area contributed by atoms with Crippen LogP contribution in [0.15, 0.2) is 94.1 Å². The van der Waals surface area contributed by atoms with Gasteiger partial charge in [-0.05, 0) is 55.0 Å². The minimum absolute atomic E-state index is 0.245. The molecule has 0 bridgehead atoms. The molecule has 0 atom stereocenters. The van der Waals surface area contributed by atoms with Crippen molar-refractivity contribution in [1.29, 1.82) is 0 Å². The van der Waals surface area contributed by atoms with Gasteiger partial charge in [-0.15, -0.1) is 5.10 Å². The first-order valence-electron chi connectivity index (χ1n) is 11.5. The molecule has 0 aliphatic rings. The van der Waals surface area contributed by atoms with Gasteiger partial charge in [0, 0.05) is 12.3 Å². The largest absolute Gasteiger partial charge is 0.487 e. The zero-order chi connectivity index (χ0) is 25.6. The number of carboxylic acids is 1. The SMILES string of the molecule is Cc1oc(-c2ccco2)nc1COc1ccc(COc2nn(-c3ccccc3)cc2C=CC(=O)O)cc1. The number of furan rings is 1. The molecule has 0 fully saturated rings. The molecule has 0 aliphatic carbocycles. The van der Waals surface area contributed by atoms with Crippen LogP contribution in [0.1, 0.15) is 22.6 Å². The van der Waals surface area contributed by atoms with Crippen molar-refractivity contribution in [2.24, 2.45) is 0 Å². The smallest absolute Gasteiger partial charge is 0.328 e. The van der Waals surface area contributed by atoms with E-state index in [0.717, 1.165) is 17.3 Å². The summed E-state index contributed by atoms with van der Waals surface area (Å²) in [5.74, 6) is 1.60. The highest BCUT2D eigenvalue weighted by atomic mass is 16.5. The van der Waals surface area contributed by atoms with Gasteiger partial charge >= 0.3 is 5.97 Å². The highest BCUT2D eigenvalue weighted by molar-refractivity contribution is 5.85. The van der Waals surface area contributed by atoms with Gasteiger partial charge in [0.2, 0.25) is 5.88 Å². The van der Waals surface area contributed by atoms with Crippen LogP contribution < -0.4 is 9.47 Å². The number of hydrogen-bond donors (Lipinski definition) is 1. The maximum atomic E-state index is 11.0. The molecule has 0 spiro atoms. The normalized spacial score (nSPS) is 11.2. The molecule has 5 aromatic rings. The molecule has 9 heteroatoms. The fourth-order valence-corrected chi connectivity index (χ4v) is 3.52. The van der Waals surface area contributed by atoms with Crippen molar-refractivity contribution < 1.29 is 28.2 Å². The average Bonchev–Trinajstić information content (AvgIpc) is 3.66. The second-order valence-electron chi connectivity index (χ2n) is 8.06. The van der Waals surface area contributed by atoms with Gasteiger partial charge in [0.15, 0.2) is 5.76 Å². The first kappa shape index (κ1) is 23.7. The Kier molecular flexibility index (Phi) is 6.84. The number of nitrogens with zero attached hydrogens (tertiary/aromatic N) is 3.